The van der Waals surface area contributed by atoms with Crippen molar-refractivity contribution < 1.29 is 14.0 Å². The number of rotatable bonds is 6. The molecule has 1 fully saturated rings. The van der Waals surface area contributed by atoms with Crippen molar-refractivity contribution >= 4 is 23.2 Å². The summed E-state index contributed by atoms with van der Waals surface area (Å²) >= 11 is 0. The molecule has 1 heterocycles. The van der Waals surface area contributed by atoms with Crippen molar-refractivity contribution in [2.24, 2.45) is 0 Å². The van der Waals surface area contributed by atoms with E-state index in [1.807, 2.05) is 4.90 Å². The number of nitrogens with zero attached hydrogens (tertiary/aromatic N) is 1. The summed E-state index contributed by atoms with van der Waals surface area (Å²) in [6, 6.07) is 10.2. The van der Waals surface area contributed by atoms with E-state index in [1.165, 1.54) is 24.3 Å². The smallest absolute Gasteiger partial charge is 0.251 e. The van der Waals surface area contributed by atoms with Crippen molar-refractivity contribution in [1.82, 2.24) is 10.2 Å². The number of benzene rings is 2. The fourth-order valence-corrected chi connectivity index (χ4v) is 3.20. The minimum absolute atomic E-state index is 0.0499. The highest BCUT2D eigenvalue weighted by molar-refractivity contribution is 6.14. The molecule has 0 unspecified atom stereocenters. The first-order valence-corrected chi connectivity index (χ1v) is 9.26. The number of carbonyl (C=O) groups is 2. The summed E-state index contributed by atoms with van der Waals surface area (Å²) in [4.78, 5) is 26.3. The average molecular weight is 382 g/mol. The second-order valence-corrected chi connectivity index (χ2v) is 6.78. The van der Waals surface area contributed by atoms with E-state index in [0.29, 0.717) is 22.4 Å². The molecule has 0 aliphatic carbocycles. The van der Waals surface area contributed by atoms with E-state index in [2.05, 4.69) is 5.32 Å². The van der Waals surface area contributed by atoms with Crippen molar-refractivity contribution in [2.75, 3.05) is 25.4 Å². The Kier molecular flexibility index (Phi) is 6.03. The molecular weight excluding hydrogens is 359 g/mol. The van der Waals surface area contributed by atoms with E-state index in [0.717, 1.165) is 25.9 Å². The van der Waals surface area contributed by atoms with Crippen LogP contribution in [0, 0.1) is 11.2 Å². The number of nitrogens with one attached hydrogen (secondary N) is 2. The fraction of sp³-hybridized carbons (Fsp3) is 0.286. The van der Waals surface area contributed by atoms with Gasteiger partial charge in [0.1, 0.15) is 5.82 Å². The second-order valence-electron chi connectivity index (χ2n) is 6.78. The number of nitrogen functional groups attached to an aromatic ring is 1. The normalized spacial score (nSPS) is 13.4. The number of hydrogen-bond acceptors (Lipinski definition) is 4. The molecule has 1 saturated heterocycles. The van der Waals surface area contributed by atoms with Gasteiger partial charge in [-0.05, 0) is 55.3 Å². The molecule has 6 nitrogen and oxygen atoms in total. The van der Waals surface area contributed by atoms with Crippen LogP contribution in [0.4, 0.5) is 10.1 Å². The minimum Gasteiger partial charge on any atom is -0.398 e. The molecule has 2 aromatic rings. The molecule has 1 aliphatic heterocycles. The Morgan fingerprint density at radius 3 is 2.39 bits per heavy atom. The topological polar surface area (TPSA) is 99.3 Å². The van der Waals surface area contributed by atoms with Crippen molar-refractivity contribution in [1.29, 1.82) is 5.41 Å². The summed E-state index contributed by atoms with van der Waals surface area (Å²) in [5, 5.41) is 11.1. The van der Waals surface area contributed by atoms with Crippen LogP contribution >= 0.6 is 0 Å². The number of anilines is 1. The summed E-state index contributed by atoms with van der Waals surface area (Å²) in [6.07, 6.45) is 2.33. The molecular formula is C21H23FN4O2. The van der Waals surface area contributed by atoms with E-state index in [1.54, 1.807) is 18.2 Å². The molecule has 0 aromatic heterocycles. The number of amides is 2. The van der Waals surface area contributed by atoms with E-state index >= 15 is 0 Å². The van der Waals surface area contributed by atoms with Crippen LogP contribution < -0.4 is 11.1 Å². The molecule has 2 amide bonds. The lowest BCUT2D eigenvalue weighted by atomic mass is 9.98. The highest BCUT2D eigenvalue weighted by atomic mass is 19.1. The number of halogens is 1. The Balaban J connectivity index is 1.64. The maximum atomic E-state index is 13.1. The lowest BCUT2D eigenvalue weighted by Gasteiger charge is -2.15. The maximum Gasteiger partial charge on any atom is 0.251 e. The zero-order valence-electron chi connectivity index (χ0n) is 15.5. The molecule has 0 bridgehead atoms. The third-order valence-electron chi connectivity index (χ3n) is 4.80. The Hall–Kier alpha value is -3.22. The summed E-state index contributed by atoms with van der Waals surface area (Å²) in [5.41, 5.74) is 7.68. The van der Waals surface area contributed by atoms with Crippen LogP contribution in [0.2, 0.25) is 0 Å². The second kappa shape index (κ2) is 8.65. The van der Waals surface area contributed by atoms with Gasteiger partial charge in [0.05, 0.1) is 5.71 Å². The van der Waals surface area contributed by atoms with Crippen molar-refractivity contribution in [2.45, 2.75) is 19.3 Å². The molecule has 2 aromatic carbocycles. The van der Waals surface area contributed by atoms with Crippen LogP contribution in [0.15, 0.2) is 42.5 Å². The van der Waals surface area contributed by atoms with Gasteiger partial charge in [0.2, 0.25) is 5.91 Å². The Morgan fingerprint density at radius 2 is 1.71 bits per heavy atom. The van der Waals surface area contributed by atoms with E-state index in [4.69, 9.17) is 11.1 Å². The Bertz CT molecular complexity index is 890. The van der Waals surface area contributed by atoms with E-state index in [-0.39, 0.29) is 36.3 Å². The van der Waals surface area contributed by atoms with Gasteiger partial charge in [-0.3, -0.25) is 15.0 Å². The predicted molar refractivity (Wildman–Crippen MR) is 106 cm³/mol. The van der Waals surface area contributed by atoms with Crippen LogP contribution in [-0.2, 0) is 4.79 Å². The summed E-state index contributed by atoms with van der Waals surface area (Å²) in [6.45, 7) is 1.84. The van der Waals surface area contributed by atoms with Gasteiger partial charge in [0.15, 0.2) is 0 Å². The zero-order chi connectivity index (χ0) is 20.1. The quantitative estimate of drug-likeness (QED) is 0.529. The first-order chi connectivity index (χ1) is 13.5. The fourth-order valence-electron chi connectivity index (χ4n) is 3.20. The highest BCUT2D eigenvalue weighted by Crippen LogP contribution is 2.19. The van der Waals surface area contributed by atoms with Crippen molar-refractivity contribution in [3.8, 4) is 0 Å². The standard InChI is InChI=1S/C21H23FN4O2/c22-16-6-3-14(4-7-16)20(24)17-13-15(5-8-18(17)23)21(28)25-10-9-19(27)26-11-1-2-12-26/h3-8,13,24H,1-2,9-12,23H2,(H,25,28). The number of carbonyl (C=O) groups excluding carboxylic acids is 2. The number of nitrogens with two attached hydrogens (primary N) is 1. The largest absolute Gasteiger partial charge is 0.398 e. The zero-order valence-corrected chi connectivity index (χ0v) is 15.5. The minimum atomic E-state index is -0.388. The first kappa shape index (κ1) is 19.5. The maximum absolute atomic E-state index is 13.1. The van der Waals surface area contributed by atoms with Crippen LogP contribution in [0.5, 0.6) is 0 Å². The molecule has 3 rings (SSSR count). The van der Waals surface area contributed by atoms with Gasteiger partial charge in [-0.25, -0.2) is 4.39 Å². The van der Waals surface area contributed by atoms with Gasteiger partial charge in [-0.1, -0.05) is 0 Å². The number of hydrogen-bond donors (Lipinski definition) is 3. The highest BCUT2D eigenvalue weighted by Gasteiger charge is 2.18. The van der Waals surface area contributed by atoms with Crippen LogP contribution in [-0.4, -0.2) is 42.1 Å². The molecule has 0 atom stereocenters. The molecule has 4 N–H and O–H groups in total. The SMILES string of the molecule is N=C(c1ccc(F)cc1)c1cc(C(=O)NCCC(=O)N2CCCC2)ccc1N. The third kappa shape index (κ3) is 4.54. The first-order valence-electron chi connectivity index (χ1n) is 9.26. The molecule has 28 heavy (non-hydrogen) atoms. The van der Waals surface area contributed by atoms with Crippen LogP contribution in [0.25, 0.3) is 0 Å². The lowest BCUT2D eigenvalue weighted by molar-refractivity contribution is -0.129. The van der Waals surface area contributed by atoms with Gasteiger partial charge in [0, 0.05) is 48.4 Å². The van der Waals surface area contributed by atoms with Gasteiger partial charge in [-0.2, -0.15) is 0 Å². The summed E-state index contributed by atoms with van der Waals surface area (Å²) in [5.74, 6) is -0.669. The van der Waals surface area contributed by atoms with Crippen LogP contribution in [0.3, 0.4) is 0 Å². The molecule has 0 spiro atoms. The van der Waals surface area contributed by atoms with Gasteiger partial charge < -0.3 is 16.0 Å². The van der Waals surface area contributed by atoms with E-state index < -0.39 is 0 Å². The molecule has 0 saturated carbocycles. The number of likely N-dealkylation sites (tertiary alicyclic amines) is 1. The molecule has 1 aliphatic rings. The summed E-state index contributed by atoms with van der Waals surface area (Å²) in [7, 11) is 0. The van der Waals surface area contributed by atoms with Gasteiger partial charge >= 0.3 is 0 Å². The monoisotopic (exact) mass is 382 g/mol. The third-order valence-corrected chi connectivity index (χ3v) is 4.80. The predicted octanol–water partition coefficient (Wildman–Crippen LogP) is 2.57. The van der Waals surface area contributed by atoms with Gasteiger partial charge in [0.25, 0.3) is 5.91 Å². The Labute approximate surface area is 163 Å². The summed E-state index contributed by atoms with van der Waals surface area (Å²) < 4.78 is 13.1. The van der Waals surface area contributed by atoms with Crippen molar-refractivity contribution in [3.05, 3.63) is 65.0 Å². The lowest BCUT2D eigenvalue weighted by Crippen LogP contribution is -2.32. The molecule has 146 valence electrons. The van der Waals surface area contributed by atoms with Gasteiger partial charge in [-0.15, -0.1) is 0 Å². The molecule has 0 radical (unpaired) electrons. The van der Waals surface area contributed by atoms with Crippen LogP contribution in [0.1, 0.15) is 40.7 Å². The average Bonchev–Trinajstić information content (AvgIpc) is 3.23. The Morgan fingerprint density at radius 1 is 1.07 bits per heavy atom. The molecule has 7 heteroatoms. The van der Waals surface area contributed by atoms with E-state index in [9.17, 15) is 14.0 Å². The van der Waals surface area contributed by atoms with Crippen molar-refractivity contribution in [3.63, 3.8) is 0 Å².